The number of hydrogen-bond donors (Lipinski definition) is 1. The van der Waals surface area contributed by atoms with Gasteiger partial charge in [-0.05, 0) is 37.1 Å². The van der Waals surface area contributed by atoms with Gasteiger partial charge < -0.3 is 10.1 Å². The molecule has 1 N–H and O–H groups in total. The van der Waals surface area contributed by atoms with Gasteiger partial charge in [-0.3, -0.25) is 4.68 Å². The smallest absolute Gasteiger partial charge is 0.161 e. The SMILES string of the molecule is CCNC(c1cc(C)c(Br)c(C)c1)c1c(OC)cnn1C. The second kappa shape index (κ2) is 6.62. The number of methoxy groups -OCH3 is 1. The summed E-state index contributed by atoms with van der Waals surface area (Å²) in [4.78, 5) is 0. The number of benzene rings is 1. The summed E-state index contributed by atoms with van der Waals surface area (Å²) in [6, 6.07) is 4.47. The van der Waals surface area contributed by atoms with Gasteiger partial charge in [0.25, 0.3) is 0 Å². The lowest BCUT2D eigenvalue weighted by molar-refractivity contribution is 0.401. The minimum Gasteiger partial charge on any atom is -0.493 e. The van der Waals surface area contributed by atoms with E-state index in [4.69, 9.17) is 4.74 Å². The summed E-state index contributed by atoms with van der Waals surface area (Å²) >= 11 is 3.63. The lowest BCUT2D eigenvalue weighted by atomic mass is 9.98. The zero-order chi connectivity index (χ0) is 15.6. The minimum absolute atomic E-state index is 0.0583. The molecule has 0 bridgehead atoms. The van der Waals surface area contributed by atoms with Crippen molar-refractivity contribution in [1.29, 1.82) is 0 Å². The maximum atomic E-state index is 5.47. The molecule has 4 nitrogen and oxygen atoms in total. The first-order valence-electron chi connectivity index (χ1n) is 7.05. The molecule has 114 valence electrons. The standard InChI is InChI=1S/C16H22BrN3O/c1-6-18-15(16-13(21-5)9-19-20(16)4)12-7-10(2)14(17)11(3)8-12/h7-9,15,18H,6H2,1-5H3. The molecule has 0 radical (unpaired) electrons. The number of aromatic nitrogens is 2. The van der Waals surface area contributed by atoms with E-state index in [0.29, 0.717) is 0 Å². The Morgan fingerprint density at radius 1 is 1.33 bits per heavy atom. The Bertz CT molecular complexity index is 613. The van der Waals surface area contributed by atoms with E-state index >= 15 is 0 Å². The molecule has 0 aliphatic carbocycles. The van der Waals surface area contributed by atoms with E-state index in [1.807, 2.05) is 11.7 Å². The van der Waals surface area contributed by atoms with Crippen molar-refractivity contribution < 1.29 is 4.74 Å². The molecule has 2 rings (SSSR count). The first kappa shape index (κ1) is 16.0. The highest BCUT2D eigenvalue weighted by Crippen LogP contribution is 2.32. The Kier molecular flexibility index (Phi) is 5.06. The van der Waals surface area contributed by atoms with Crippen LogP contribution in [0.1, 0.15) is 35.3 Å². The highest BCUT2D eigenvalue weighted by Gasteiger charge is 2.22. The average molecular weight is 352 g/mol. The van der Waals surface area contributed by atoms with Gasteiger partial charge in [-0.15, -0.1) is 0 Å². The second-order valence-corrected chi connectivity index (χ2v) is 5.97. The van der Waals surface area contributed by atoms with Gasteiger partial charge >= 0.3 is 0 Å². The van der Waals surface area contributed by atoms with Crippen LogP contribution in [0.3, 0.4) is 0 Å². The number of aryl methyl sites for hydroxylation is 3. The quantitative estimate of drug-likeness (QED) is 0.895. The molecule has 0 amide bonds. The minimum atomic E-state index is 0.0583. The van der Waals surface area contributed by atoms with E-state index in [1.165, 1.54) is 21.2 Å². The first-order chi connectivity index (χ1) is 9.99. The van der Waals surface area contributed by atoms with Crippen LogP contribution >= 0.6 is 15.9 Å². The monoisotopic (exact) mass is 351 g/mol. The first-order valence-corrected chi connectivity index (χ1v) is 7.84. The van der Waals surface area contributed by atoms with Gasteiger partial charge in [-0.25, -0.2) is 0 Å². The van der Waals surface area contributed by atoms with Gasteiger partial charge in [0.15, 0.2) is 5.75 Å². The van der Waals surface area contributed by atoms with Crippen LogP contribution in [0, 0.1) is 13.8 Å². The summed E-state index contributed by atoms with van der Waals surface area (Å²) in [6.45, 7) is 7.20. The molecule has 5 heteroatoms. The predicted octanol–water partition coefficient (Wildman–Crippen LogP) is 3.51. The fraction of sp³-hybridized carbons (Fsp3) is 0.438. The molecule has 0 saturated heterocycles. The number of nitrogens with zero attached hydrogens (tertiary/aromatic N) is 2. The zero-order valence-corrected chi connectivity index (χ0v) is 14.8. The fourth-order valence-corrected chi connectivity index (χ4v) is 2.86. The Balaban J connectivity index is 2.56. The van der Waals surface area contributed by atoms with Crippen molar-refractivity contribution >= 4 is 15.9 Å². The molecule has 1 aromatic heterocycles. The summed E-state index contributed by atoms with van der Waals surface area (Å²) in [5.74, 6) is 0.807. The van der Waals surface area contributed by atoms with Crippen LogP contribution in [-0.2, 0) is 7.05 Å². The molecular weight excluding hydrogens is 330 g/mol. The van der Waals surface area contributed by atoms with Crippen LogP contribution in [0.25, 0.3) is 0 Å². The molecule has 0 spiro atoms. The van der Waals surface area contributed by atoms with Crippen molar-refractivity contribution in [1.82, 2.24) is 15.1 Å². The average Bonchev–Trinajstić information content (AvgIpc) is 2.82. The highest BCUT2D eigenvalue weighted by atomic mass is 79.9. The third-order valence-corrected chi connectivity index (χ3v) is 4.89. The maximum absolute atomic E-state index is 5.47. The lowest BCUT2D eigenvalue weighted by Gasteiger charge is -2.21. The molecule has 2 aromatic rings. The van der Waals surface area contributed by atoms with Crippen molar-refractivity contribution in [2.45, 2.75) is 26.8 Å². The Morgan fingerprint density at radius 2 is 1.95 bits per heavy atom. The van der Waals surface area contributed by atoms with Crippen molar-refractivity contribution in [2.75, 3.05) is 13.7 Å². The number of ether oxygens (including phenoxy) is 1. The van der Waals surface area contributed by atoms with Crippen LogP contribution in [0.15, 0.2) is 22.8 Å². The van der Waals surface area contributed by atoms with Crippen molar-refractivity contribution in [3.63, 3.8) is 0 Å². The van der Waals surface area contributed by atoms with E-state index in [1.54, 1.807) is 13.3 Å². The van der Waals surface area contributed by atoms with Crippen molar-refractivity contribution in [2.24, 2.45) is 7.05 Å². The van der Waals surface area contributed by atoms with Crippen molar-refractivity contribution in [3.8, 4) is 5.75 Å². The number of nitrogens with one attached hydrogen (secondary N) is 1. The van der Waals surface area contributed by atoms with E-state index in [0.717, 1.165) is 18.0 Å². The largest absolute Gasteiger partial charge is 0.493 e. The van der Waals surface area contributed by atoms with Crippen LogP contribution < -0.4 is 10.1 Å². The molecule has 0 fully saturated rings. The van der Waals surface area contributed by atoms with Gasteiger partial charge in [0, 0.05) is 11.5 Å². The lowest BCUT2D eigenvalue weighted by Crippen LogP contribution is -2.25. The molecule has 1 unspecified atom stereocenters. The van der Waals surface area contributed by atoms with E-state index in [-0.39, 0.29) is 6.04 Å². The topological polar surface area (TPSA) is 39.1 Å². The van der Waals surface area contributed by atoms with Crippen LogP contribution in [0.2, 0.25) is 0 Å². The number of rotatable bonds is 5. The third-order valence-electron chi connectivity index (χ3n) is 3.64. The predicted molar refractivity (Wildman–Crippen MR) is 88.9 cm³/mol. The molecule has 1 atom stereocenters. The van der Waals surface area contributed by atoms with Crippen LogP contribution in [0.5, 0.6) is 5.75 Å². The molecule has 1 aromatic carbocycles. The number of halogens is 1. The van der Waals surface area contributed by atoms with Gasteiger partial charge in [0.1, 0.15) is 5.69 Å². The Labute approximate surface area is 134 Å². The highest BCUT2D eigenvalue weighted by molar-refractivity contribution is 9.10. The van der Waals surface area contributed by atoms with E-state index < -0.39 is 0 Å². The third kappa shape index (κ3) is 3.14. The van der Waals surface area contributed by atoms with Crippen LogP contribution in [-0.4, -0.2) is 23.4 Å². The Hall–Kier alpha value is -1.33. The van der Waals surface area contributed by atoms with E-state index in [9.17, 15) is 0 Å². The molecule has 0 saturated carbocycles. The molecule has 21 heavy (non-hydrogen) atoms. The summed E-state index contributed by atoms with van der Waals surface area (Å²) in [5, 5.41) is 7.86. The Morgan fingerprint density at radius 3 is 2.48 bits per heavy atom. The van der Waals surface area contributed by atoms with Gasteiger partial charge in [-0.2, -0.15) is 5.10 Å². The molecule has 0 aliphatic heterocycles. The van der Waals surface area contributed by atoms with Crippen LogP contribution in [0.4, 0.5) is 0 Å². The fourth-order valence-electron chi connectivity index (χ4n) is 2.64. The van der Waals surface area contributed by atoms with E-state index in [2.05, 4.69) is 59.2 Å². The summed E-state index contributed by atoms with van der Waals surface area (Å²) in [6.07, 6.45) is 1.76. The summed E-state index contributed by atoms with van der Waals surface area (Å²) < 4.78 is 8.51. The zero-order valence-electron chi connectivity index (χ0n) is 13.2. The second-order valence-electron chi connectivity index (χ2n) is 5.18. The van der Waals surface area contributed by atoms with Gasteiger partial charge in [0.2, 0.25) is 0 Å². The van der Waals surface area contributed by atoms with Gasteiger partial charge in [-0.1, -0.05) is 35.0 Å². The normalized spacial score (nSPS) is 12.5. The maximum Gasteiger partial charge on any atom is 0.161 e. The van der Waals surface area contributed by atoms with Crippen molar-refractivity contribution in [3.05, 3.63) is 45.2 Å². The summed E-state index contributed by atoms with van der Waals surface area (Å²) in [7, 11) is 3.63. The summed E-state index contributed by atoms with van der Waals surface area (Å²) in [5.41, 5.74) is 4.72. The number of hydrogen-bond acceptors (Lipinski definition) is 3. The molecular formula is C16H22BrN3O. The molecule has 1 heterocycles. The molecule has 0 aliphatic rings. The van der Waals surface area contributed by atoms with Gasteiger partial charge in [0.05, 0.1) is 19.3 Å².